The highest BCUT2D eigenvalue weighted by molar-refractivity contribution is 7.10. The minimum atomic E-state index is 0.00633. The van der Waals surface area contributed by atoms with Gasteiger partial charge in [-0.05, 0) is 18.4 Å². The van der Waals surface area contributed by atoms with E-state index in [1.807, 2.05) is 6.92 Å². The molecule has 6 nitrogen and oxygen atoms in total. The summed E-state index contributed by atoms with van der Waals surface area (Å²) in [6.07, 6.45) is 0. The molecule has 7 heteroatoms. The van der Waals surface area contributed by atoms with Crippen molar-refractivity contribution in [2.24, 2.45) is 0 Å². The van der Waals surface area contributed by atoms with Gasteiger partial charge in [0.15, 0.2) is 0 Å². The number of nitrogens with zero attached hydrogens (tertiary/aromatic N) is 3. The van der Waals surface area contributed by atoms with E-state index in [2.05, 4.69) is 56.9 Å². The number of aromatic nitrogens is 3. The van der Waals surface area contributed by atoms with Crippen molar-refractivity contribution >= 4 is 23.2 Å². The number of nitrogens with one attached hydrogen (secondary N) is 2. The van der Waals surface area contributed by atoms with Crippen LogP contribution >= 0.6 is 11.3 Å². The predicted molar refractivity (Wildman–Crippen MR) is 86.4 cm³/mol. The van der Waals surface area contributed by atoms with Gasteiger partial charge in [0.1, 0.15) is 0 Å². The van der Waals surface area contributed by atoms with E-state index >= 15 is 0 Å². The maximum Gasteiger partial charge on any atom is 0.323 e. The fourth-order valence-corrected chi connectivity index (χ4v) is 2.64. The Morgan fingerprint density at radius 3 is 2.62 bits per heavy atom. The molecule has 2 N–H and O–H groups in total. The van der Waals surface area contributed by atoms with Crippen molar-refractivity contribution in [2.45, 2.75) is 26.2 Å². The third kappa shape index (κ3) is 4.04. The minimum absolute atomic E-state index is 0.00633. The Hall–Kier alpha value is -1.89. The van der Waals surface area contributed by atoms with E-state index < -0.39 is 0 Å². The summed E-state index contributed by atoms with van der Waals surface area (Å²) >= 11 is 1.75. The number of hydrogen-bond donors (Lipinski definition) is 2. The van der Waals surface area contributed by atoms with Gasteiger partial charge >= 0.3 is 6.01 Å². The summed E-state index contributed by atoms with van der Waals surface area (Å²) in [4.78, 5) is 14.0. The van der Waals surface area contributed by atoms with Crippen molar-refractivity contribution in [1.29, 1.82) is 0 Å². The van der Waals surface area contributed by atoms with Crippen LogP contribution < -0.4 is 15.4 Å². The Morgan fingerprint density at radius 2 is 2.00 bits per heavy atom. The van der Waals surface area contributed by atoms with Crippen molar-refractivity contribution in [3.8, 4) is 6.01 Å². The van der Waals surface area contributed by atoms with Crippen molar-refractivity contribution in [1.82, 2.24) is 15.0 Å². The van der Waals surface area contributed by atoms with Crippen LogP contribution in [0.5, 0.6) is 6.01 Å². The van der Waals surface area contributed by atoms with Gasteiger partial charge in [-0.15, -0.1) is 11.3 Å². The van der Waals surface area contributed by atoms with Crippen LogP contribution in [-0.4, -0.2) is 35.2 Å². The molecule has 0 aliphatic rings. The summed E-state index contributed by atoms with van der Waals surface area (Å²) in [5.41, 5.74) is 0.00633. The van der Waals surface area contributed by atoms with E-state index in [4.69, 9.17) is 4.74 Å². The third-order valence-electron chi connectivity index (χ3n) is 2.99. The van der Waals surface area contributed by atoms with Crippen LogP contribution in [-0.2, 0) is 5.41 Å². The van der Waals surface area contributed by atoms with Gasteiger partial charge in [0.05, 0.1) is 6.61 Å². The van der Waals surface area contributed by atoms with Gasteiger partial charge in [-0.25, -0.2) is 0 Å². The molecule has 0 bridgehead atoms. The van der Waals surface area contributed by atoms with Crippen LogP contribution in [0, 0.1) is 0 Å². The molecule has 0 saturated heterocycles. The molecule has 2 aromatic rings. The van der Waals surface area contributed by atoms with E-state index in [1.165, 1.54) is 4.88 Å². The van der Waals surface area contributed by atoms with Gasteiger partial charge in [-0.3, -0.25) is 0 Å². The molecule has 0 aliphatic heterocycles. The lowest BCUT2D eigenvalue weighted by Gasteiger charge is -2.23. The zero-order valence-electron chi connectivity index (χ0n) is 12.8. The van der Waals surface area contributed by atoms with Crippen LogP contribution in [0.15, 0.2) is 17.5 Å². The maximum absolute atomic E-state index is 5.35. The molecule has 21 heavy (non-hydrogen) atoms. The number of rotatable bonds is 7. The Labute approximate surface area is 129 Å². The Kier molecular flexibility index (Phi) is 4.95. The van der Waals surface area contributed by atoms with Crippen LogP contribution in [0.4, 0.5) is 11.9 Å². The summed E-state index contributed by atoms with van der Waals surface area (Å²) in [6.45, 7) is 7.53. The van der Waals surface area contributed by atoms with Crippen molar-refractivity contribution < 1.29 is 4.74 Å². The van der Waals surface area contributed by atoms with Gasteiger partial charge in [0, 0.05) is 23.9 Å². The highest BCUT2D eigenvalue weighted by atomic mass is 32.1. The SMILES string of the molecule is CCOc1nc(NC)nc(NCC(C)(C)c2cccs2)n1. The quantitative estimate of drug-likeness (QED) is 0.819. The van der Waals surface area contributed by atoms with Crippen LogP contribution in [0.25, 0.3) is 0 Å². The van der Waals surface area contributed by atoms with Crippen molar-refractivity contribution in [3.05, 3.63) is 22.4 Å². The van der Waals surface area contributed by atoms with E-state index in [9.17, 15) is 0 Å². The van der Waals surface area contributed by atoms with E-state index in [0.29, 0.717) is 24.5 Å². The molecule has 2 aromatic heterocycles. The van der Waals surface area contributed by atoms with Crippen LogP contribution in [0.1, 0.15) is 25.6 Å². The lowest BCUT2D eigenvalue weighted by molar-refractivity contribution is 0.312. The molecule has 0 aliphatic carbocycles. The topological polar surface area (TPSA) is 72.0 Å². The first kappa shape index (κ1) is 15.5. The minimum Gasteiger partial charge on any atom is -0.464 e. The standard InChI is InChI=1S/C14H21N5OS/c1-5-20-13-18-11(15-4)17-12(19-13)16-9-14(2,3)10-7-6-8-21-10/h6-8H,5,9H2,1-4H3,(H2,15,16,17,18,19). The Morgan fingerprint density at radius 1 is 1.24 bits per heavy atom. The number of hydrogen-bond acceptors (Lipinski definition) is 7. The first-order valence-electron chi connectivity index (χ1n) is 6.89. The smallest absolute Gasteiger partial charge is 0.323 e. The van der Waals surface area contributed by atoms with Gasteiger partial charge in [0.2, 0.25) is 11.9 Å². The summed E-state index contributed by atoms with van der Waals surface area (Å²) in [7, 11) is 1.77. The summed E-state index contributed by atoms with van der Waals surface area (Å²) in [5.74, 6) is 1.01. The molecule has 114 valence electrons. The van der Waals surface area contributed by atoms with Crippen LogP contribution in [0.3, 0.4) is 0 Å². The highest BCUT2D eigenvalue weighted by Crippen LogP contribution is 2.27. The average molecular weight is 307 g/mol. The molecular weight excluding hydrogens is 286 g/mol. The van der Waals surface area contributed by atoms with Gasteiger partial charge in [0.25, 0.3) is 0 Å². The molecule has 0 spiro atoms. The molecule has 0 unspecified atom stereocenters. The lowest BCUT2D eigenvalue weighted by atomic mass is 9.91. The Balaban J connectivity index is 2.10. The zero-order chi connectivity index (χ0) is 15.3. The second kappa shape index (κ2) is 6.71. The predicted octanol–water partition coefficient (Wildman–Crippen LogP) is 2.76. The fourth-order valence-electron chi connectivity index (χ4n) is 1.79. The molecule has 0 fully saturated rings. The van der Waals surface area contributed by atoms with Crippen LogP contribution in [0.2, 0.25) is 0 Å². The second-order valence-electron chi connectivity index (χ2n) is 5.16. The van der Waals surface area contributed by atoms with Crippen molar-refractivity contribution in [3.63, 3.8) is 0 Å². The van der Waals surface area contributed by atoms with Gasteiger partial charge < -0.3 is 15.4 Å². The Bertz CT molecular complexity index is 571. The highest BCUT2D eigenvalue weighted by Gasteiger charge is 2.22. The number of ether oxygens (including phenoxy) is 1. The van der Waals surface area contributed by atoms with Gasteiger partial charge in [-0.2, -0.15) is 15.0 Å². The number of thiophene rings is 1. The number of anilines is 2. The zero-order valence-corrected chi connectivity index (χ0v) is 13.6. The molecule has 0 atom stereocenters. The largest absolute Gasteiger partial charge is 0.464 e. The fraction of sp³-hybridized carbons (Fsp3) is 0.500. The third-order valence-corrected chi connectivity index (χ3v) is 4.22. The summed E-state index contributed by atoms with van der Waals surface area (Å²) in [6, 6.07) is 4.54. The summed E-state index contributed by atoms with van der Waals surface area (Å²) in [5, 5.41) is 8.27. The summed E-state index contributed by atoms with van der Waals surface area (Å²) < 4.78 is 5.35. The molecule has 2 heterocycles. The first-order valence-corrected chi connectivity index (χ1v) is 7.77. The molecule has 0 amide bonds. The van der Waals surface area contributed by atoms with Gasteiger partial charge in [-0.1, -0.05) is 19.9 Å². The molecule has 0 saturated carbocycles. The normalized spacial score (nSPS) is 11.2. The molecule has 2 rings (SSSR count). The lowest BCUT2D eigenvalue weighted by Crippen LogP contribution is -2.27. The van der Waals surface area contributed by atoms with Crippen molar-refractivity contribution in [2.75, 3.05) is 30.8 Å². The monoisotopic (exact) mass is 307 g/mol. The molecule has 0 aromatic carbocycles. The van der Waals surface area contributed by atoms with E-state index in [1.54, 1.807) is 18.4 Å². The van der Waals surface area contributed by atoms with E-state index in [0.717, 1.165) is 6.54 Å². The van der Waals surface area contributed by atoms with E-state index in [-0.39, 0.29) is 5.41 Å². The maximum atomic E-state index is 5.35. The molecular formula is C14H21N5OS. The average Bonchev–Trinajstić information content (AvgIpc) is 3.00. The first-order chi connectivity index (χ1) is 10.0. The molecule has 0 radical (unpaired) electrons. The second-order valence-corrected chi connectivity index (χ2v) is 6.11.